The number of carboxylic acids is 1. The van der Waals surface area contributed by atoms with Crippen molar-refractivity contribution in [3.63, 3.8) is 0 Å². The second kappa shape index (κ2) is 5.75. The normalized spacial score (nSPS) is 26.8. The van der Waals surface area contributed by atoms with E-state index in [-0.39, 0.29) is 5.92 Å². The van der Waals surface area contributed by atoms with Gasteiger partial charge in [0, 0.05) is 19.0 Å². The van der Waals surface area contributed by atoms with Gasteiger partial charge in [0.15, 0.2) is 0 Å². The monoisotopic (exact) mass is 292 g/mol. The van der Waals surface area contributed by atoms with Crippen LogP contribution in [0.1, 0.15) is 50.5 Å². The summed E-state index contributed by atoms with van der Waals surface area (Å²) in [6.45, 7) is 6.58. The Hall–Kier alpha value is -1.43. The van der Waals surface area contributed by atoms with Crippen LogP contribution in [0.4, 0.5) is 0 Å². The minimum atomic E-state index is -0.694. The van der Waals surface area contributed by atoms with Crippen LogP contribution in [-0.4, -0.2) is 50.1 Å². The van der Waals surface area contributed by atoms with Crippen LogP contribution >= 0.6 is 0 Å². The van der Waals surface area contributed by atoms with Crippen LogP contribution in [0.3, 0.4) is 0 Å². The van der Waals surface area contributed by atoms with Gasteiger partial charge in [0.05, 0.1) is 23.3 Å². The van der Waals surface area contributed by atoms with E-state index in [0.29, 0.717) is 24.9 Å². The quantitative estimate of drug-likeness (QED) is 0.914. The van der Waals surface area contributed by atoms with E-state index in [1.54, 1.807) is 0 Å². The van der Waals surface area contributed by atoms with Crippen LogP contribution in [0.15, 0.2) is 0 Å². The molecule has 0 radical (unpaired) electrons. The van der Waals surface area contributed by atoms with Crippen molar-refractivity contribution in [3.05, 3.63) is 11.4 Å². The molecule has 1 aliphatic heterocycles. The average molecular weight is 292 g/mol. The predicted octanol–water partition coefficient (Wildman–Crippen LogP) is 1.51. The van der Waals surface area contributed by atoms with Crippen molar-refractivity contribution in [3.8, 4) is 0 Å². The number of likely N-dealkylation sites (tertiary alicyclic amines) is 1. The lowest BCUT2D eigenvalue weighted by atomic mass is 9.89. The van der Waals surface area contributed by atoms with Gasteiger partial charge in [-0.2, -0.15) is 0 Å². The van der Waals surface area contributed by atoms with E-state index in [0.717, 1.165) is 37.3 Å². The van der Waals surface area contributed by atoms with Crippen molar-refractivity contribution in [1.82, 2.24) is 19.9 Å². The van der Waals surface area contributed by atoms with Crippen LogP contribution in [0.2, 0.25) is 0 Å². The molecule has 2 aliphatic rings. The fraction of sp³-hybridized carbons (Fsp3) is 0.800. The minimum Gasteiger partial charge on any atom is -0.481 e. The molecule has 0 aromatic carbocycles. The molecule has 0 unspecified atom stereocenters. The van der Waals surface area contributed by atoms with E-state index in [1.807, 2.05) is 4.68 Å². The molecular weight excluding hydrogens is 268 g/mol. The molecule has 1 aromatic rings. The average Bonchev–Trinajstić information content (AvgIpc) is 2.90. The van der Waals surface area contributed by atoms with Gasteiger partial charge in [-0.25, -0.2) is 4.68 Å². The zero-order valence-corrected chi connectivity index (χ0v) is 12.8. The summed E-state index contributed by atoms with van der Waals surface area (Å²) in [5, 5.41) is 17.9. The zero-order chi connectivity index (χ0) is 15.0. The number of carbonyl (C=O) groups is 1. The van der Waals surface area contributed by atoms with Crippen molar-refractivity contribution >= 4 is 5.97 Å². The molecule has 2 atom stereocenters. The number of hydrogen-bond acceptors (Lipinski definition) is 4. The van der Waals surface area contributed by atoms with Gasteiger partial charge < -0.3 is 5.11 Å². The lowest BCUT2D eigenvalue weighted by Gasteiger charge is -2.36. The number of fused-ring (bicyclic) bond motifs is 1. The minimum absolute atomic E-state index is 0.278. The summed E-state index contributed by atoms with van der Waals surface area (Å²) in [7, 11) is 0. The highest BCUT2D eigenvalue weighted by Crippen LogP contribution is 2.29. The second-order valence-electron chi connectivity index (χ2n) is 6.59. The highest BCUT2D eigenvalue weighted by atomic mass is 16.4. The first-order valence-electron chi connectivity index (χ1n) is 7.96. The molecule has 2 heterocycles. The van der Waals surface area contributed by atoms with Crippen LogP contribution in [0.5, 0.6) is 0 Å². The molecule has 1 fully saturated rings. The Labute approximate surface area is 125 Å². The first-order chi connectivity index (χ1) is 10.1. The second-order valence-corrected chi connectivity index (χ2v) is 6.59. The summed E-state index contributed by atoms with van der Waals surface area (Å²) in [5.74, 6) is -0.972. The summed E-state index contributed by atoms with van der Waals surface area (Å²) in [5.41, 5.74) is 2.07. The topological polar surface area (TPSA) is 71.2 Å². The molecule has 0 amide bonds. The zero-order valence-electron chi connectivity index (χ0n) is 12.8. The Bertz CT molecular complexity index is 526. The van der Waals surface area contributed by atoms with E-state index >= 15 is 0 Å². The first kappa shape index (κ1) is 14.5. The van der Waals surface area contributed by atoms with Gasteiger partial charge in [0.2, 0.25) is 0 Å². The van der Waals surface area contributed by atoms with Crippen LogP contribution in [0, 0.1) is 5.92 Å². The summed E-state index contributed by atoms with van der Waals surface area (Å²) in [4.78, 5) is 13.7. The van der Waals surface area contributed by atoms with Crippen molar-refractivity contribution in [2.24, 2.45) is 5.92 Å². The SMILES string of the molecule is CC(C)N1CCC[C@H](n2nnc3c2C[C@@H](C(=O)O)CC3)C1. The van der Waals surface area contributed by atoms with Gasteiger partial charge in [-0.1, -0.05) is 5.21 Å². The van der Waals surface area contributed by atoms with E-state index in [9.17, 15) is 9.90 Å². The molecule has 1 N–H and O–H groups in total. The molecule has 0 bridgehead atoms. The first-order valence-corrected chi connectivity index (χ1v) is 7.96. The Kier molecular flexibility index (Phi) is 3.97. The van der Waals surface area contributed by atoms with Gasteiger partial charge in [-0.05, 0) is 46.1 Å². The van der Waals surface area contributed by atoms with Crippen molar-refractivity contribution in [1.29, 1.82) is 0 Å². The van der Waals surface area contributed by atoms with E-state index in [2.05, 4.69) is 29.1 Å². The fourth-order valence-electron chi connectivity index (χ4n) is 3.55. The van der Waals surface area contributed by atoms with Crippen molar-refractivity contribution < 1.29 is 9.90 Å². The maximum atomic E-state index is 11.3. The number of hydrogen-bond donors (Lipinski definition) is 1. The molecule has 0 saturated carbocycles. The standard InChI is InChI=1S/C15H24N4O2/c1-10(2)18-7-3-4-12(9-18)19-14-8-11(15(20)21)5-6-13(14)16-17-19/h10-12H,3-9H2,1-2H3,(H,20,21)/t11-,12-/m0/s1. The van der Waals surface area contributed by atoms with Crippen LogP contribution < -0.4 is 0 Å². The molecular formula is C15H24N4O2. The third kappa shape index (κ3) is 2.81. The highest BCUT2D eigenvalue weighted by molar-refractivity contribution is 5.70. The number of carboxylic acid groups (broad SMARTS) is 1. The van der Waals surface area contributed by atoms with E-state index in [4.69, 9.17) is 0 Å². The summed E-state index contributed by atoms with van der Waals surface area (Å²) >= 11 is 0. The van der Waals surface area contributed by atoms with Gasteiger partial charge >= 0.3 is 5.97 Å². The number of rotatable bonds is 3. The van der Waals surface area contributed by atoms with Crippen molar-refractivity contribution in [2.45, 2.75) is 58.0 Å². The molecule has 1 aliphatic carbocycles. The molecule has 3 rings (SSSR count). The smallest absolute Gasteiger partial charge is 0.306 e. The maximum absolute atomic E-state index is 11.3. The van der Waals surface area contributed by atoms with Crippen LogP contribution in [0.25, 0.3) is 0 Å². The van der Waals surface area contributed by atoms with E-state index < -0.39 is 5.97 Å². The number of aryl methyl sites for hydroxylation is 1. The predicted molar refractivity (Wildman–Crippen MR) is 78.2 cm³/mol. The fourth-order valence-corrected chi connectivity index (χ4v) is 3.55. The molecule has 1 saturated heterocycles. The highest BCUT2D eigenvalue weighted by Gasteiger charge is 2.32. The van der Waals surface area contributed by atoms with Crippen LogP contribution in [-0.2, 0) is 17.6 Å². The third-order valence-corrected chi connectivity index (χ3v) is 4.89. The Morgan fingerprint density at radius 2 is 2.19 bits per heavy atom. The lowest BCUT2D eigenvalue weighted by Crippen LogP contribution is -2.41. The van der Waals surface area contributed by atoms with Gasteiger partial charge in [-0.15, -0.1) is 5.10 Å². The number of nitrogens with zero attached hydrogens (tertiary/aromatic N) is 4. The van der Waals surface area contributed by atoms with Crippen molar-refractivity contribution in [2.75, 3.05) is 13.1 Å². The molecule has 6 nitrogen and oxygen atoms in total. The van der Waals surface area contributed by atoms with Gasteiger partial charge in [-0.3, -0.25) is 9.69 Å². The molecule has 116 valence electrons. The number of piperidine rings is 1. The lowest BCUT2D eigenvalue weighted by molar-refractivity contribution is -0.142. The maximum Gasteiger partial charge on any atom is 0.306 e. The Morgan fingerprint density at radius 1 is 1.38 bits per heavy atom. The number of aliphatic carboxylic acids is 1. The molecule has 1 aromatic heterocycles. The van der Waals surface area contributed by atoms with E-state index in [1.165, 1.54) is 6.42 Å². The summed E-state index contributed by atoms with van der Waals surface area (Å²) in [6.07, 6.45) is 4.28. The molecule has 6 heteroatoms. The molecule has 0 spiro atoms. The van der Waals surface area contributed by atoms with Gasteiger partial charge in [0.1, 0.15) is 0 Å². The molecule has 21 heavy (non-hydrogen) atoms. The Balaban J connectivity index is 1.81. The Morgan fingerprint density at radius 3 is 2.90 bits per heavy atom. The largest absolute Gasteiger partial charge is 0.481 e. The summed E-state index contributed by atoms with van der Waals surface area (Å²) < 4.78 is 2.03. The summed E-state index contributed by atoms with van der Waals surface area (Å²) in [6, 6.07) is 0.879. The third-order valence-electron chi connectivity index (χ3n) is 4.89. The van der Waals surface area contributed by atoms with Gasteiger partial charge in [0.25, 0.3) is 0 Å². The number of aromatic nitrogens is 3.